The number of halogens is 1. The van der Waals surface area contributed by atoms with E-state index in [2.05, 4.69) is 11.4 Å². The van der Waals surface area contributed by atoms with Crippen molar-refractivity contribution >= 4 is 23.0 Å². The molecule has 0 spiro atoms. The molecule has 0 aliphatic carbocycles. The summed E-state index contributed by atoms with van der Waals surface area (Å²) in [6.45, 7) is 3.98. The van der Waals surface area contributed by atoms with Crippen LogP contribution in [0.15, 0.2) is 42.5 Å². The van der Waals surface area contributed by atoms with Gasteiger partial charge in [-0.2, -0.15) is 0 Å². The number of nitrogens with one attached hydrogen (secondary N) is 1. The van der Waals surface area contributed by atoms with E-state index in [-0.39, 0.29) is 11.7 Å². The van der Waals surface area contributed by atoms with Gasteiger partial charge in [-0.3, -0.25) is 10.1 Å². The molecule has 0 aliphatic heterocycles. The molecule has 0 saturated carbocycles. The second-order valence-electron chi connectivity index (χ2n) is 4.70. The fourth-order valence-electron chi connectivity index (χ4n) is 2.03. The van der Waals surface area contributed by atoms with E-state index in [0.717, 1.165) is 11.1 Å². The van der Waals surface area contributed by atoms with Crippen LogP contribution in [0.25, 0.3) is 0 Å². The topological polar surface area (TPSA) is 55.2 Å². The molecule has 2 rings (SSSR count). The third-order valence-electron chi connectivity index (χ3n) is 3.07. The second kappa shape index (κ2) is 5.92. The van der Waals surface area contributed by atoms with Gasteiger partial charge in [0.05, 0.1) is 4.92 Å². The summed E-state index contributed by atoms with van der Waals surface area (Å²) >= 11 is 5.80. The molecule has 2 aromatic rings. The number of nitro groups is 1. The Hall–Kier alpha value is -2.07. The first-order valence-corrected chi connectivity index (χ1v) is 6.62. The van der Waals surface area contributed by atoms with Gasteiger partial charge in [-0.25, -0.2) is 0 Å². The molecule has 1 atom stereocenters. The largest absolute Gasteiger partial charge is 0.373 e. The standard InChI is InChI=1S/C15H15ClN2O2/c1-10-4-3-5-12(8-10)11(2)17-14-7-6-13(16)9-15(14)18(19)20/h3-9,11,17H,1-2H3. The number of nitro benzene ring substituents is 1. The molecule has 0 heterocycles. The zero-order valence-electron chi connectivity index (χ0n) is 11.3. The van der Waals surface area contributed by atoms with Crippen molar-refractivity contribution in [3.63, 3.8) is 0 Å². The zero-order valence-corrected chi connectivity index (χ0v) is 12.0. The van der Waals surface area contributed by atoms with Gasteiger partial charge in [0, 0.05) is 17.1 Å². The van der Waals surface area contributed by atoms with Crippen LogP contribution in [0.1, 0.15) is 24.1 Å². The predicted molar refractivity (Wildman–Crippen MR) is 81.3 cm³/mol. The van der Waals surface area contributed by atoms with E-state index >= 15 is 0 Å². The van der Waals surface area contributed by atoms with Crippen molar-refractivity contribution < 1.29 is 4.92 Å². The molecular formula is C15H15ClN2O2. The lowest BCUT2D eigenvalue weighted by Gasteiger charge is -2.16. The van der Waals surface area contributed by atoms with Gasteiger partial charge in [-0.05, 0) is 31.5 Å². The van der Waals surface area contributed by atoms with Gasteiger partial charge in [-0.15, -0.1) is 0 Å². The van der Waals surface area contributed by atoms with Gasteiger partial charge < -0.3 is 5.32 Å². The molecule has 1 N–H and O–H groups in total. The number of benzene rings is 2. The van der Waals surface area contributed by atoms with Gasteiger partial charge in [0.1, 0.15) is 5.69 Å². The molecule has 0 radical (unpaired) electrons. The lowest BCUT2D eigenvalue weighted by atomic mass is 10.1. The minimum Gasteiger partial charge on any atom is -0.373 e. The maximum Gasteiger partial charge on any atom is 0.293 e. The van der Waals surface area contributed by atoms with E-state index in [1.165, 1.54) is 6.07 Å². The van der Waals surface area contributed by atoms with Crippen LogP contribution in [0.5, 0.6) is 0 Å². The summed E-state index contributed by atoms with van der Waals surface area (Å²) in [6.07, 6.45) is 0. The van der Waals surface area contributed by atoms with Gasteiger partial charge in [0.25, 0.3) is 5.69 Å². The third-order valence-corrected chi connectivity index (χ3v) is 3.31. The third kappa shape index (κ3) is 3.27. The summed E-state index contributed by atoms with van der Waals surface area (Å²) in [7, 11) is 0. The minimum atomic E-state index is -0.433. The molecule has 0 bridgehead atoms. The summed E-state index contributed by atoms with van der Waals surface area (Å²) in [5.41, 5.74) is 2.68. The number of rotatable bonds is 4. The molecule has 104 valence electrons. The molecule has 20 heavy (non-hydrogen) atoms. The van der Waals surface area contributed by atoms with Crippen LogP contribution in [0, 0.1) is 17.0 Å². The highest BCUT2D eigenvalue weighted by atomic mass is 35.5. The van der Waals surface area contributed by atoms with Crippen LogP contribution in [0.3, 0.4) is 0 Å². The van der Waals surface area contributed by atoms with Crippen molar-refractivity contribution in [1.82, 2.24) is 0 Å². The van der Waals surface area contributed by atoms with Crippen molar-refractivity contribution in [2.75, 3.05) is 5.32 Å². The number of hydrogen-bond donors (Lipinski definition) is 1. The van der Waals surface area contributed by atoms with Crippen molar-refractivity contribution in [2.45, 2.75) is 19.9 Å². The van der Waals surface area contributed by atoms with Crippen LogP contribution >= 0.6 is 11.6 Å². The van der Waals surface area contributed by atoms with Crippen LogP contribution in [0.4, 0.5) is 11.4 Å². The van der Waals surface area contributed by atoms with Crippen LogP contribution in [0.2, 0.25) is 5.02 Å². The van der Waals surface area contributed by atoms with Gasteiger partial charge in [-0.1, -0.05) is 41.4 Å². The molecule has 5 heteroatoms. The van der Waals surface area contributed by atoms with Crippen LogP contribution in [-0.4, -0.2) is 4.92 Å². The zero-order chi connectivity index (χ0) is 14.7. The monoisotopic (exact) mass is 290 g/mol. The van der Waals surface area contributed by atoms with E-state index in [0.29, 0.717) is 10.7 Å². The Morgan fingerprint density at radius 1 is 1.25 bits per heavy atom. The highest BCUT2D eigenvalue weighted by Crippen LogP contribution is 2.30. The lowest BCUT2D eigenvalue weighted by molar-refractivity contribution is -0.384. The van der Waals surface area contributed by atoms with Gasteiger partial charge in [0.2, 0.25) is 0 Å². The SMILES string of the molecule is Cc1cccc(C(C)Nc2ccc(Cl)cc2[N+](=O)[O-])c1. The quantitative estimate of drug-likeness (QED) is 0.654. The number of aryl methyl sites for hydroxylation is 1. The maximum absolute atomic E-state index is 11.1. The molecule has 0 amide bonds. The first kappa shape index (κ1) is 14.3. The Morgan fingerprint density at radius 2 is 2.00 bits per heavy atom. The minimum absolute atomic E-state index is 0.0167. The predicted octanol–water partition coefficient (Wildman–Crippen LogP) is 4.73. The fourth-order valence-corrected chi connectivity index (χ4v) is 2.20. The normalized spacial score (nSPS) is 11.9. The Bertz CT molecular complexity index is 644. The lowest BCUT2D eigenvalue weighted by Crippen LogP contribution is -2.08. The van der Waals surface area contributed by atoms with Crippen molar-refractivity contribution in [3.8, 4) is 0 Å². The smallest absolute Gasteiger partial charge is 0.293 e. The molecule has 0 aliphatic rings. The van der Waals surface area contributed by atoms with Crippen molar-refractivity contribution in [2.24, 2.45) is 0 Å². The van der Waals surface area contributed by atoms with Crippen LogP contribution < -0.4 is 5.32 Å². The second-order valence-corrected chi connectivity index (χ2v) is 5.14. The Labute approximate surface area is 122 Å². The number of nitrogens with zero attached hydrogens (tertiary/aromatic N) is 1. The van der Waals surface area contributed by atoms with Crippen LogP contribution in [-0.2, 0) is 0 Å². The van der Waals surface area contributed by atoms with Crippen molar-refractivity contribution in [3.05, 3.63) is 68.7 Å². The first-order chi connectivity index (χ1) is 9.47. The Kier molecular flexibility index (Phi) is 4.25. The molecule has 0 saturated heterocycles. The first-order valence-electron chi connectivity index (χ1n) is 6.24. The molecular weight excluding hydrogens is 276 g/mol. The average molecular weight is 291 g/mol. The maximum atomic E-state index is 11.1. The van der Waals surface area contributed by atoms with E-state index in [4.69, 9.17) is 11.6 Å². The summed E-state index contributed by atoms with van der Waals surface area (Å²) in [6, 6.07) is 12.6. The Morgan fingerprint density at radius 3 is 2.65 bits per heavy atom. The molecule has 0 fully saturated rings. The van der Waals surface area contributed by atoms with E-state index in [1.54, 1.807) is 12.1 Å². The summed E-state index contributed by atoms with van der Waals surface area (Å²) in [4.78, 5) is 10.6. The van der Waals surface area contributed by atoms with Gasteiger partial charge >= 0.3 is 0 Å². The molecule has 4 nitrogen and oxygen atoms in total. The highest BCUT2D eigenvalue weighted by Gasteiger charge is 2.16. The highest BCUT2D eigenvalue weighted by molar-refractivity contribution is 6.30. The van der Waals surface area contributed by atoms with E-state index < -0.39 is 4.92 Å². The summed E-state index contributed by atoms with van der Waals surface area (Å²) < 4.78 is 0. The van der Waals surface area contributed by atoms with E-state index in [9.17, 15) is 10.1 Å². The summed E-state index contributed by atoms with van der Waals surface area (Å²) in [5, 5.41) is 14.6. The number of anilines is 1. The Balaban J connectivity index is 2.28. The molecule has 1 unspecified atom stereocenters. The number of hydrogen-bond acceptors (Lipinski definition) is 3. The van der Waals surface area contributed by atoms with Crippen molar-refractivity contribution in [1.29, 1.82) is 0 Å². The molecule has 0 aromatic heterocycles. The fraction of sp³-hybridized carbons (Fsp3) is 0.200. The average Bonchev–Trinajstić information content (AvgIpc) is 2.40. The van der Waals surface area contributed by atoms with Gasteiger partial charge in [0.15, 0.2) is 0 Å². The summed E-state index contributed by atoms with van der Waals surface area (Å²) in [5.74, 6) is 0. The van der Waals surface area contributed by atoms with E-state index in [1.807, 2.05) is 32.0 Å². The molecule has 2 aromatic carbocycles.